The van der Waals surface area contributed by atoms with Crippen LogP contribution in [0.2, 0.25) is 0 Å². The van der Waals surface area contributed by atoms with E-state index in [2.05, 4.69) is 29.2 Å². The average Bonchev–Trinajstić information content (AvgIpc) is 2.67. The standard InChI is InChI=1S/C22H29N3O4S2/c1-15(2)13-14-29-19-9-5-17(6-10-19)21(26)24-22(30)23-18-7-11-20(12-8-18)31(27,28)25-16(3)4/h5-12,15-16,25H,13-14H2,1-4H3,(H2,23,24,26,30). The van der Waals surface area contributed by atoms with Crippen molar-refractivity contribution in [3.63, 3.8) is 0 Å². The molecule has 0 atom stereocenters. The molecular formula is C22H29N3O4S2. The molecule has 0 aromatic heterocycles. The summed E-state index contributed by atoms with van der Waals surface area (Å²) in [6, 6.07) is 12.7. The first kappa shape index (κ1) is 24.8. The second kappa shape index (κ2) is 11.2. The smallest absolute Gasteiger partial charge is 0.257 e. The lowest BCUT2D eigenvalue weighted by Crippen LogP contribution is -2.34. The van der Waals surface area contributed by atoms with Gasteiger partial charge in [0.1, 0.15) is 5.75 Å². The van der Waals surface area contributed by atoms with Crippen LogP contribution in [0, 0.1) is 5.92 Å². The highest BCUT2D eigenvalue weighted by Gasteiger charge is 2.15. The molecule has 1 amide bonds. The van der Waals surface area contributed by atoms with E-state index in [1.54, 1.807) is 50.2 Å². The summed E-state index contributed by atoms with van der Waals surface area (Å²) in [7, 11) is -3.56. The third kappa shape index (κ3) is 8.28. The summed E-state index contributed by atoms with van der Waals surface area (Å²) < 4.78 is 32.5. The van der Waals surface area contributed by atoms with Crippen molar-refractivity contribution in [2.75, 3.05) is 11.9 Å². The molecule has 0 aliphatic heterocycles. The Morgan fingerprint density at radius 3 is 2.16 bits per heavy atom. The molecule has 0 aliphatic carbocycles. The lowest BCUT2D eigenvalue weighted by atomic mass is 10.1. The van der Waals surface area contributed by atoms with Gasteiger partial charge < -0.3 is 10.1 Å². The first-order valence-corrected chi connectivity index (χ1v) is 11.9. The molecule has 0 fully saturated rings. The average molecular weight is 464 g/mol. The third-order valence-corrected chi connectivity index (χ3v) is 6.00. The molecule has 0 unspecified atom stereocenters. The monoisotopic (exact) mass is 463 g/mol. The van der Waals surface area contributed by atoms with Crippen LogP contribution in [-0.4, -0.2) is 32.1 Å². The van der Waals surface area contributed by atoms with Crippen LogP contribution in [-0.2, 0) is 10.0 Å². The second-order valence-corrected chi connectivity index (χ2v) is 9.89. The summed E-state index contributed by atoms with van der Waals surface area (Å²) in [5.41, 5.74) is 1.00. The van der Waals surface area contributed by atoms with Crippen molar-refractivity contribution in [1.29, 1.82) is 0 Å². The maximum absolute atomic E-state index is 12.4. The number of hydrogen-bond donors (Lipinski definition) is 3. The Kier molecular flexibility index (Phi) is 8.97. The number of anilines is 1. The Bertz CT molecular complexity index is 986. The highest BCUT2D eigenvalue weighted by molar-refractivity contribution is 7.89. The van der Waals surface area contributed by atoms with Crippen molar-refractivity contribution < 1.29 is 17.9 Å². The molecule has 0 spiro atoms. The predicted molar refractivity (Wildman–Crippen MR) is 127 cm³/mol. The van der Waals surface area contributed by atoms with Gasteiger partial charge in [0.25, 0.3) is 5.91 Å². The summed E-state index contributed by atoms with van der Waals surface area (Å²) in [4.78, 5) is 12.5. The number of sulfonamides is 1. The maximum Gasteiger partial charge on any atom is 0.257 e. The fourth-order valence-corrected chi connectivity index (χ4v) is 4.01. The van der Waals surface area contributed by atoms with Gasteiger partial charge in [-0.15, -0.1) is 0 Å². The molecule has 3 N–H and O–H groups in total. The Morgan fingerprint density at radius 1 is 1.00 bits per heavy atom. The highest BCUT2D eigenvalue weighted by Crippen LogP contribution is 2.15. The Morgan fingerprint density at radius 2 is 1.61 bits per heavy atom. The minimum absolute atomic E-state index is 0.109. The van der Waals surface area contributed by atoms with Crippen LogP contribution < -0.4 is 20.1 Å². The van der Waals surface area contributed by atoms with Gasteiger partial charge in [0.15, 0.2) is 5.11 Å². The molecule has 0 radical (unpaired) electrons. The topological polar surface area (TPSA) is 96.5 Å². The van der Waals surface area contributed by atoms with Crippen LogP contribution in [0.4, 0.5) is 5.69 Å². The summed E-state index contributed by atoms with van der Waals surface area (Å²) in [6.07, 6.45) is 0.962. The quantitative estimate of drug-likeness (QED) is 0.488. The van der Waals surface area contributed by atoms with Crippen molar-refractivity contribution in [2.24, 2.45) is 5.92 Å². The number of carbonyl (C=O) groups excluding carboxylic acids is 1. The molecule has 31 heavy (non-hydrogen) atoms. The lowest BCUT2D eigenvalue weighted by Gasteiger charge is -2.12. The zero-order valence-electron chi connectivity index (χ0n) is 18.1. The third-order valence-electron chi connectivity index (χ3n) is 4.12. The number of amides is 1. The molecule has 0 aliphatic rings. The molecule has 2 aromatic carbocycles. The van der Waals surface area contributed by atoms with Gasteiger partial charge >= 0.3 is 0 Å². The van der Waals surface area contributed by atoms with Crippen molar-refractivity contribution >= 4 is 38.9 Å². The van der Waals surface area contributed by atoms with Crippen molar-refractivity contribution in [2.45, 2.75) is 45.1 Å². The largest absolute Gasteiger partial charge is 0.494 e. The predicted octanol–water partition coefficient (Wildman–Crippen LogP) is 3.93. The van der Waals surface area contributed by atoms with E-state index in [-0.39, 0.29) is 22.0 Å². The van der Waals surface area contributed by atoms with Gasteiger partial charge in [0.2, 0.25) is 10.0 Å². The number of carbonyl (C=O) groups is 1. The zero-order valence-corrected chi connectivity index (χ0v) is 19.8. The minimum Gasteiger partial charge on any atom is -0.494 e. The molecule has 2 aromatic rings. The van der Waals surface area contributed by atoms with Gasteiger partial charge in [-0.1, -0.05) is 13.8 Å². The van der Waals surface area contributed by atoms with E-state index in [4.69, 9.17) is 17.0 Å². The molecule has 0 bridgehead atoms. The van der Waals surface area contributed by atoms with Crippen LogP contribution in [0.25, 0.3) is 0 Å². The fourth-order valence-electron chi connectivity index (χ4n) is 2.55. The second-order valence-electron chi connectivity index (χ2n) is 7.76. The molecular weight excluding hydrogens is 434 g/mol. The van der Waals surface area contributed by atoms with Crippen LogP contribution in [0.3, 0.4) is 0 Å². The zero-order chi connectivity index (χ0) is 23.0. The van der Waals surface area contributed by atoms with Gasteiger partial charge in [-0.25, -0.2) is 13.1 Å². The molecule has 0 saturated carbocycles. The van der Waals surface area contributed by atoms with E-state index < -0.39 is 10.0 Å². The molecule has 168 valence electrons. The van der Waals surface area contributed by atoms with Gasteiger partial charge in [-0.3, -0.25) is 10.1 Å². The summed E-state index contributed by atoms with van der Waals surface area (Å²) >= 11 is 5.18. The number of rotatable bonds is 9. The van der Waals surface area contributed by atoms with Gasteiger partial charge in [0, 0.05) is 17.3 Å². The van der Waals surface area contributed by atoms with Crippen LogP contribution in [0.1, 0.15) is 44.5 Å². The van der Waals surface area contributed by atoms with Crippen LogP contribution >= 0.6 is 12.2 Å². The maximum atomic E-state index is 12.4. The minimum atomic E-state index is -3.56. The summed E-state index contributed by atoms with van der Waals surface area (Å²) in [5, 5.41) is 5.58. The number of ether oxygens (including phenoxy) is 1. The first-order chi connectivity index (χ1) is 14.6. The van der Waals surface area contributed by atoms with Crippen molar-refractivity contribution in [1.82, 2.24) is 10.0 Å². The number of thiocarbonyl (C=S) groups is 1. The number of nitrogens with one attached hydrogen (secondary N) is 3. The van der Waals surface area contributed by atoms with E-state index in [0.29, 0.717) is 29.5 Å². The van der Waals surface area contributed by atoms with Crippen molar-refractivity contribution in [3.8, 4) is 5.75 Å². The normalized spacial score (nSPS) is 11.4. The SMILES string of the molecule is CC(C)CCOc1ccc(C(=O)NC(=S)Nc2ccc(S(=O)(=O)NC(C)C)cc2)cc1. The molecule has 2 rings (SSSR count). The lowest BCUT2D eigenvalue weighted by molar-refractivity contribution is 0.0977. The molecule has 9 heteroatoms. The van der Waals surface area contributed by atoms with E-state index >= 15 is 0 Å². The Hall–Kier alpha value is -2.49. The number of hydrogen-bond acceptors (Lipinski definition) is 5. The van der Waals surface area contributed by atoms with Gasteiger partial charge in [0.05, 0.1) is 11.5 Å². The van der Waals surface area contributed by atoms with Crippen LogP contribution in [0.15, 0.2) is 53.4 Å². The highest BCUT2D eigenvalue weighted by atomic mass is 32.2. The Balaban J connectivity index is 1.90. The molecule has 7 nitrogen and oxygen atoms in total. The van der Waals surface area contributed by atoms with Gasteiger partial charge in [-0.05, 0) is 86.9 Å². The summed E-state index contributed by atoms with van der Waals surface area (Å²) in [6.45, 7) is 8.40. The molecule has 0 saturated heterocycles. The van der Waals surface area contributed by atoms with Gasteiger partial charge in [-0.2, -0.15) is 0 Å². The molecule has 0 heterocycles. The Labute approximate surface area is 189 Å². The van der Waals surface area contributed by atoms with Crippen molar-refractivity contribution in [3.05, 3.63) is 54.1 Å². The fraction of sp³-hybridized carbons (Fsp3) is 0.364. The van der Waals surface area contributed by atoms with E-state index in [9.17, 15) is 13.2 Å². The van der Waals surface area contributed by atoms with E-state index in [0.717, 1.165) is 6.42 Å². The summed E-state index contributed by atoms with van der Waals surface area (Å²) in [5.74, 6) is 0.919. The van der Waals surface area contributed by atoms with E-state index in [1.807, 2.05) is 0 Å². The van der Waals surface area contributed by atoms with E-state index in [1.165, 1.54) is 12.1 Å². The first-order valence-electron chi connectivity index (χ1n) is 10.0. The number of benzene rings is 2. The van der Waals surface area contributed by atoms with Crippen LogP contribution in [0.5, 0.6) is 5.75 Å².